The average molecular weight is 357 g/mol. The average Bonchev–Trinajstić information content (AvgIpc) is 2.61. The lowest BCUT2D eigenvalue weighted by atomic mass is 9.75. The summed E-state index contributed by atoms with van der Waals surface area (Å²) < 4.78 is 6.45. The fourth-order valence-electron chi connectivity index (χ4n) is 4.26. The highest BCUT2D eigenvalue weighted by Gasteiger charge is 2.35. The van der Waals surface area contributed by atoms with E-state index in [9.17, 15) is 0 Å². The molecule has 0 fully saturated rings. The van der Waals surface area contributed by atoms with Crippen molar-refractivity contribution in [1.29, 1.82) is 0 Å². The lowest BCUT2D eigenvalue weighted by Crippen LogP contribution is -2.40. The van der Waals surface area contributed by atoms with Gasteiger partial charge in [0.15, 0.2) is 0 Å². The van der Waals surface area contributed by atoms with Crippen molar-refractivity contribution < 1.29 is 4.43 Å². The zero-order valence-corrected chi connectivity index (χ0v) is 19.8. The molecular formula is C22H48OSi. The molecule has 0 rings (SSSR count). The van der Waals surface area contributed by atoms with Crippen LogP contribution in [0.25, 0.3) is 0 Å². The minimum absolute atomic E-state index is 0.217. The lowest BCUT2D eigenvalue weighted by Gasteiger charge is -2.41. The first-order chi connectivity index (χ1) is 11.7. The van der Waals surface area contributed by atoms with Gasteiger partial charge in [-0.1, -0.05) is 111 Å². The van der Waals surface area contributed by atoms with E-state index < -0.39 is 0 Å². The summed E-state index contributed by atoms with van der Waals surface area (Å²) in [5.41, 5.74) is 0.217. The van der Waals surface area contributed by atoms with Crippen LogP contribution in [-0.2, 0) is 4.43 Å². The second kappa shape index (κ2) is 16.6. The Balaban J connectivity index is 4.71. The zero-order chi connectivity index (χ0) is 18.1. The highest BCUT2D eigenvalue weighted by atomic mass is 28.2. The number of hydrogen-bond acceptors (Lipinski definition) is 1. The molecule has 0 aromatic heterocycles. The maximum atomic E-state index is 6.45. The van der Waals surface area contributed by atoms with Gasteiger partial charge in [0.25, 0.3) is 0 Å². The fourth-order valence-corrected chi connectivity index (χ4v) is 5.00. The standard InChI is InChI=1S/C22H48OSi/c1-5-9-12-15-18-21(8-4)22(23-24,19-16-13-10-6-2)20-17-14-11-7-3/h21H,5-20H2,1-4,24H3. The van der Waals surface area contributed by atoms with Crippen LogP contribution in [0.5, 0.6) is 0 Å². The maximum absolute atomic E-state index is 6.45. The number of unbranched alkanes of at least 4 members (excludes halogenated alkanes) is 9. The Hall–Kier alpha value is 0.177. The first kappa shape index (κ1) is 24.2. The highest BCUT2D eigenvalue weighted by Crippen LogP contribution is 2.38. The van der Waals surface area contributed by atoms with Gasteiger partial charge in [0.05, 0.1) is 5.60 Å². The van der Waals surface area contributed by atoms with E-state index in [1.807, 2.05) is 0 Å². The molecule has 2 heteroatoms. The van der Waals surface area contributed by atoms with E-state index >= 15 is 0 Å². The van der Waals surface area contributed by atoms with Gasteiger partial charge in [-0.05, 0) is 25.2 Å². The SMILES string of the molecule is CCCCCCC(CC)C(CCCCCC)(CCCCCC)O[SiH3]. The van der Waals surface area contributed by atoms with E-state index in [0.717, 1.165) is 16.4 Å². The van der Waals surface area contributed by atoms with Crippen molar-refractivity contribution in [2.75, 3.05) is 0 Å². The largest absolute Gasteiger partial charge is 0.422 e. The summed E-state index contributed by atoms with van der Waals surface area (Å²) in [5.74, 6) is 0.787. The predicted octanol–water partition coefficient (Wildman–Crippen LogP) is 6.96. The molecule has 0 saturated carbocycles. The minimum Gasteiger partial charge on any atom is -0.422 e. The van der Waals surface area contributed by atoms with E-state index in [1.54, 1.807) is 0 Å². The predicted molar refractivity (Wildman–Crippen MR) is 114 cm³/mol. The molecule has 0 radical (unpaired) electrons. The number of hydrogen-bond donors (Lipinski definition) is 0. The van der Waals surface area contributed by atoms with Crippen LogP contribution in [0, 0.1) is 5.92 Å². The molecule has 0 saturated heterocycles. The van der Waals surface area contributed by atoms with Gasteiger partial charge in [-0.25, -0.2) is 0 Å². The van der Waals surface area contributed by atoms with E-state index in [4.69, 9.17) is 4.43 Å². The Morgan fingerprint density at radius 2 is 1.12 bits per heavy atom. The van der Waals surface area contributed by atoms with Crippen LogP contribution >= 0.6 is 0 Å². The van der Waals surface area contributed by atoms with Gasteiger partial charge in [0.1, 0.15) is 10.5 Å². The van der Waals surface area contributed by atoms with Gasteiger partial charge in [-0.2, -0.15) is 0 Å². The normalized spacial score (nSPS) is 13.5. The monoisotopic (exact) mass is 356 g/mol. The van der Waals surface area contributed by atoms with Crippen molar-refractivity contribution in [3.8, 4) is 0 Å². The second-order valence-electron chi connectivity index (χ2n) is 7.84. The topological polar surface area (TPSA) is 9.23 Å². The van der Waals surface area contributed by atoms with Gasteiger partial charge in [0.2, 0.25) is 0 Å². The summed E-state index contributed by atoms with van der Waals surface area (Å²) in [6.07, 6.45) is 21.9. The third-order valence-electron chi connectivity index (χ3n) is 5.96. The summed E-state index contributed by atoms with van der Waals surface area (Å²) in [6, 6.07) is 0. The van der Waals surface area contributed by atoms with Crippen LogP contribution in [0.4, 0.5) is 0 Å². The molecular weight excluding hydrogens is 308 g/mol. The summed E-state index contributed by atoms with van der Waals surface area (Å²) in [5, 5.41) is 0. The molecule has 0 N–H and O–H groups in total. The Labute approximate surface area is 157 Å². The summed E-state index contributed by atoms with van der Waals surface area (Å²) in [7, 11) is 0.897. The third-order valence-corrected chi connectivity index (χ3v) is 6.77. The summed E-state index contributed by atoms with van der Waals surface area (Å²) in [4.78, 5) is 0. The Bertz CT molecular complexity index is 242. The molecule has 1 unspecified atom stereocenters. The molecule has 0 aromatic rings. The van der Waals surface area contributed by atoms with Gasteiger partial charge in [-0.15, -0.1) is 0 Å². The van der Waals surface area contributed by atoms with E-state index in [2.05, 4.69) is 27.7 Å². The molecule has 0 heterocycles. The summed E-state index contributed by atoms with van der Waals surface area (Å²) in [6.45, 7) is 9.33. The smallest absolute Gasteiger partial charge is 0.146 e. The van der Waals surface area contributed by atoms with Crippen LogP contribution < -0.4 is 0 Å². The van der Waals surface area contributed by atoms with Gasteiger partial charge in [-0.3, -0.25) is 0 Å². The Kier molecular flexibility index (Phi) is 16.8. The summed E-state index contributed by atoms with van der Waals surface area (Å²) >= 11 is 0. The molecule has 0 aliphatic rings. The highest BCUT2D eigenvalue weighted by molar-refractivity contribution is 5.98. The lowest BCUT2D eigenvalue weighted by molar-refractivity contribution is -0.0125. The molecule has 0 spiro atoms. The molecule has 24 heavy (non-hydrogen) atoms. The van der Waals surface area contributed by atoms with Crippen LogP contribution in [0.15, 0.2) is 0 Å². The van der Waals surface area contributed by atoms with Crippen LogP contribution in [0.3, 0.4) is 0 Å². The Morgan fingerprint density at radius 3 is 1.50 bits per heavy atom. The van der Waals surface area contributed by atoms with Crippen LogP contribution in [-0.4, -0.2) is 16.1 Å². The first-order valence-corrected chi connectivity index (χ1v) is 12.1. The molecule has 0 bridgehead atoms. The maximum Gasteiger partial charge on any atom is 0.146 e. The molecule has 0 amide bonds. The quantitative estimate of drug-likeness (QED) is 0.190. The van der Waals surface area contributed by atoms with E-state index in [-0.39, 0.29) is 5.60 Å². The van der Waals surface area contributed by atoms with Crippen molar-refractivity contribution >= 4 is 10.5 Å². The molecule has 1 nitrogen and oxygen atoms in total. The molecule has 0 aliphatic carbocycles. The van der Waals surface area contributed by atoms with E-state index in [1.165, 1.54) is 103 Å². The fraction of sp³-hybridized carbons (Fsp3) is 1.00. The van der Waals surface area contributed by atoms with Crippen LogP contribution in [0.2, 0.25) is 0 Å². The van der Waals surface area contributed by atoms with Crippen LogP contribution in [0.1, 0.15) is 130 Å². The van der Waals surface area contributed by atoms with Crippen molar-refractivity contribution in [2.45, 2.75) is 136 Å². The number of rotatable bonds is 18. The zero-order valence-electron chi connectivity index (χ0n) is 17.8. The van der Waals surface area contributed by atoms with Gasteiger partial charge >= 0.3 is 0 Å². The first-order valence-electron chi connectivity index (χ1n) is 11.3. The molecule has 1 atom stereocenters. The van der Waals surface area contributed by atoms with Crippen molar-refractivity contribution in [3.63, 3.8) is 0 Å². The molecule has 146 valence electrons. The third kappa shape index (κ3) is 10.2. The molecule has 0 aromatic carbocycles. The minimum atomic E-state index is 0.217. The van der Waals surface area contributed by atoms with Gasteiger partial charge in [0, 0.05) is 0 Å². The molecule has 0 aliphatic heterocycles. The van der Waals surface area contributed by atoms with Crippen molar-refractivity contribution in [2.24, 2.45) is 5.92 Å². The van der Waals surface area contributed by atoms with E-state index in [0.29, 0.717) is 0 Å². The van der Waals surface area contributed by atoms with Gasteiger partial charge < -0.3 is 4.43 Å². The Morgan fingerprint density at radius 1 is 0.667 bits per heavy atom. The van der Waals surface area contributed by atoms with Crippen molar-refractivity contribution in [1.82, 2.24) is 0 Å². The van der Waals surface area contributed by atoms with Crippen molar-refractivity contribution in [3.05, 3.63) is 0 Å². The second-order valence-corrected chi connectivity index (χ2v) is 8.25.